The summed E-state index contributed by atoms with van der Waals surface area (Å²) in [4.78, 5) is 10.9. The first kappa shape index (κ1) is 13.1. The molecule has 0 unspecified atom stereocenters. The van der Waals surface area contributed by atoms with Crippen LogP contribution in [0.4, 0.5) is 0 Å². The van der Waals surface area contributed by atoms with Crippen LogP contribution in [0.5, 0.6) is 0 Å². The monoisotopic (exact) mass is 291 g/mol. The summed E-state index contributed by atoms with van der Waals surface area (Å²) in [5.41, 5.74) is 3.26. The summed E-state index contributed by atoms with van der Waals surface area (Å²) in [6.07, 6.45) is 3.12. The third-order valence-electron chi connectivity index (χ3n) is 1.72. The molecular weight excluding hydrogens is 282 g/mol. The SMILES string of the molecule is N#CCC(=O)N/N=C/C(Br)=C/c1ccccc1. The van der Waals surface area contributed by atoms with Crippen LogP contribution in [0, 0.1) is 11.3 Å². The largest absolute Gasteiger partial charge is 0.272 e. The molecule has 1 N–H and O–H groups in total. The first-order chi connectivity index (χ1) is 8.22. The Hall–Kier alpha value is -1.93. The number of nitrogens with zero attached hydrogens (tertiary/aromatic N) is 2. The van der Waals surface area contributed by atoms with Gasteiger partial charge in [0.1, 0.15) is 6.42 Å². The summed E-state index contributed by atoms with van der Waals surface area (Å²) < 4.78 is 0.723. The molecule has 86 valence electrons. The van der Waals surface area contributed by atoms with Gasteiger partial charge in [-0.15, -0.1) is 0 Å². The number of hydrogen-bond donors (Lipinski definition) is 1. The highest BCUT2D eigenvalue weighted by Gasteiger charge is 1.95. The van der Waals surface area contributed by atoms with E-state index in [1.54, 1.807) is 6.07 Å². The fourth-order valence-electron chi connectivity index (χ4n) is 1.02. The minimum Gasteiger partial charge on any atom is -0.272 e. The smallest absolute Gasteiger partial charge is 0.254 e. The molecule has 1 rings (SSSR count). The molecule has 1 amide bonds. The zero-order chi connectivity index (χ0) is 12.5. The van der Waals surface area contributed by atoms with E-state index in [1.807, 2.05) is 36.4 Å². The van der Waals surface area contributed by atoms with Crippen molar-refractivity contribution in [3.05, 3.63) is 40.4 Å². The second-order valence-electron chi connectivity index (χ2n) is 3.07. The fraction of sp³-hybridized carbons (Fsp3) is 0.0833. The zero-order valence-electron chi connectivity index (χ0n) is 8.93. The predicted molar refractivity (Wildman–Crippen MR) is 70.2 cm³/mol. The van der Waals surface area contributed by atoms with Crippen LogP contribution in [-0.2, 0) is 4.79 Å². The molecule has 17 heavy (non-hydrogen) atoms. The average molecular weight is 292 g/mol. The molecule has 0 radical (unpaired) electrons. The van der Waals surface area contributed by atoms with Crippen molar-refractivity contribution in [2.45, 2.75) is 6.42 Å². The lowest BCUT2D eigenvalue weighted by Crippen LogP contribution is -2.15. The second-order valence-corrected chi connectivity index (χ2v) is 3.98. The van der Waals surface area contributed by atoms with Gasteiger partial charge in [0.25, 0.3) is 5.91 Å². The van der Waals surface area contributed by atoms with E-state index in [0.29, 0.717) is 0 Å². The number of hydrogen-bond acceptors (Lipinski definition) is 3. The Morgan fingerprint density at radius 2 is 2.18 bits per heavy atom. The van der Waals surface area contributed by atoms with Gasteiger partial charge in [-0.1, -0.05) is 30.3 Å². The minimum atomic E-state index is -0.427. The van der Waals surface area contributed by atoms with Crippen molar-refractivity contribution in [3.8, 4) is 6.07 Å². The Morgan fingerprint density at radius 1 is 1.47 bits per heavy atom. The molecule has 0 aliphatic heterocycles. The van der Waals surface area contributed by atoms with Crippen LogP contribution < -0.4 is 5.43 Å². The summed E-state index contributed by atoms with van der Waals surface area (Å²) >= 11 is 3.30. The topological polar surface area (TPSA) is 65.2 Å². The molecule has 0 saturated carbocycles. The zero-order valence-corrected chi connectivity index (χ0v) is 10.5. The number of rotatable bonds is 4. The van der Waals surface area contributed by atoms with Crippen molar-refractivity contribution < 1.29 is 4.79 Å². The molecule has 0 bridgehead atoms. The Kier molecular flexibility index (Phi) is 5.69. The van der Waals surface area contributed by atoms with Gasteiger partial charge in [0.2, 0.25) is 0 Å². The van der Waals surface area contributed by atoms with E-state index in [1.165, 1.54) is 6.21 Å². The molecule has 0 fully saturated rings. The molecule has 0 heterocycles. The number of nitriles is 1. The molecule has 0 aliphatic rings. The molecule has 0 spiro atoms. The van der Waals surface area contributed by atoms with Gasteiger partial charge in [-0.2, -0.15) is 10.4 Å². The molecular formula is C12H10BrN3O. The fourth-order valence-corrected chi connectivity index (χ4v) is 1.39. The molecule has 0 atom stereocenters. The van der Waals surface area contributed by atoms with E-state index in [4.69, 9.17) is 5.26 Å². The van der Waals surface area contributed by atoms with E-state index < -0.39 is 5.91 Å². The highest BCUT2D eigenvalue weighted by atomic mass is 79.9. The number of halogens is 1. The predicted octanol–water partition coefficient (Wildman–Crippen LogP) is 2.44. The lowest BCUT2D eigenvalue weighted by molar-refractivity contribution is -0.120. The molecule has 1 aromatic carbocycles. The Morgan fingerprint density at radius 3 is 2.82 bits per heavy atom. The number of carbonyl (C=O) groups is 1. The molecule has 0 saturated heterocycles. The van der Waals surface area contributed by atoms with Crippen LogP contribution in [-0.4, -0.2) is 12.1 Å². The summed E-state index contributed by atoms with van der Waals surface area (Å²) in [6, 6.07) is 11.4. The number of hydrazone groups is 1. The Balaban J connectivity index is 2.52. The van der Waals surface area contributed by atoms with Crippen molar-refractivity contribution in [1.29, 1.82) is 5.26 Å². The van der Waals surface area contributed by atoms with Gasteiger partial charge in [0.15, 0.2) is 0 Å². The van der Waals surface area contributed by atoms with Gasteiger partial charge in [0, 0.05) is 4.48 Å². The first-order valence-corrected chi connectivity index (χ1v) is 5.63. The van der Waals surface area contributed by atoms with Gasteiger partial charge in [-0.25, -0.2) is 5.43 Å². The second kappa shape index (κ2) is 7.36. The molecule has 0 aliphatic carbocycles. The maximum absolute atomic E-state index is 10.9. The standard InChI is InChI=1S/C12H10BrN3O/c13-11(8-10-4-2-1-3-5-10)9-15-16-12(17)6-7-14/h1-5,8-9H,6H2,(H,16,17)/b11-8-,15-9+. The Bertz CT molecular complexity index is 474. The van der Waals surface area contributed by atoms with Crippen LogP contribution in [0.15, 0.2) is 39.9 Å². The van der Waals surface area contributed by atoms with Gasteiger partial charge in [-0.05, 0) is 27.6 Å². The number of carbonyl (C=O) groups excluding carboxylic acids is 1. The molecule has 5 heteroatoms. The third-order valence-corrected chi connectivity index (χ3v) is 2.15. The summed E-state index contributed by atoms with van der Waals surface area (Å²) in [7, 11) is 0. The van der Waals surface area contributed by atoms with E-state index in [-0.39, 0.29) is 6.42 Å². The number of benzene rings is 1. The minimum absolute atomic E-state index is 0.197. The normalized spacial score (nSPS) is 11.2. The summed E-state index contributed by atoms with van der Waals surface area (Å²) in [5.74, 6) is -0.427. The van der Waals surface area contributed by atoms with Gasteiger partial charge in [0.05, 0.1) is 12.3 Å². The van der Waals surface area contributed by atoms with Crippen molar-refractivity contribution in [2.75, 3.05) is 0 Å². The molecule has 1 aromatic rings. The number of nitrogens with one attached hydrogen (secondary N) is 1. The van der Waals surface area contributed by atoms with E-state index in [9.17, 15) is 4.79 Å². The van der Waals surface area contributed by atoms with Crippen LogP contribution >= 0.6 is 15.9 Å². The lowest BCUT2D eigenvalue weighted by Gasteiger charge is -1.94. The third kappa shape index (κ3) is 5.64. The number of amides is 1. The quantitative estimate of drug-likeness (QED) is 0.684. The van der Waals surface area contributed by atoms with E-state index in [2.05, 4.69) is 26.5 Å². The highest BCUT2D eigenvalue weighted by molar-refractivity contribution is 9.12. The highest BCUT2D eigenvalue weighted by Crippen LogP contribution is 2.09. The van der Waals surface area contributed by atoms with Crippen LogP contribution in [0.25, 0.3) is 6.08 Å². The van der Waals surface area contributed by atoms with Gasteiger partial charge < -0.3 is 0 Å². The number of allylic oxidation sites excluding steroid dienone is 1. The van der Waals surface area contributed by atoms with Crippen molar-refractivity contribution in [3.63, 3.8) is 0 Å². The van der Waals surface area contributed by atoms with Crippen molar-refractivity contribution >= 4 is 34.1 Å². The summed E-state index contributed by atoms with van der Waals surface area (Å²) in [6.45, 7) is 0. The van der Waals surface area contributed by atoms with Gasteiger partial charge >= 0.3 is 0 Å². The van der Waals surface area contributed by atoms with Crippen LogP contribution in [0.3, 0.4) is 0 Å². The van der Waals surface area contributed by atoms with Crippen LogP contribution in [0.1, 0.15) is 12.0 Å². The van der Waals surface area contributed by atoms with Gasteiger partial charge in [-0.3, -0.25) is 4.79 Å². The first-order valence-electron chi connectivity index (χ1n) is 4.83. The van der Waals surface area contributed by atoms with Crippen molar-refractivity contribution in [1.82, 2.24) is 5.43 Å². The maximum atomic E-state index is 10.9. The molecule has 0 aromatic heterocycles. The maximum Gasteiger partial charge on any atom is 0.254 e. The summed E-state index contributed by atoms with van der Waals surface area (Å²) in [5, 5.41) is 12.0. The van der Waals surface area contributed by atoms with E-state index >= 15 is 0 Å². The average Bonchev–Trinajstić information content (AvgIpc) is 2.30. The van der Waals surface area contributed by atoms with Crippen LogP contribution in [0.2, 0.25) is 0 Å². The molecule has 4 nitrogen and oxygen atoms in total. The Labute approximate surface area is 108 Å². The lowest BCUT2D eigenvalue weighted by atomic mass is 10.2. The van der Waals surface area contributed by atoms with Crippen molar-refractivity contribution in [2.24, 2.45) is 5.10 Å². The van der Waals surface area contributed by atoms with E-state index in [0.717, 1.165) is 10.0 Å².